The Hall–Kier alpha value is -2.92. The molecular weight excluding hydrogens is 379 g/mol. The molecule has 5 heteroatoms. The lowest BCUT2D eigenvalue weighted by atomic mass is 9.99. The number of ether oxygens (including phenoxy) is 1. The summed E-state index contributed by atoms with van der Waals surface area (Å²) in [6, 6.07) is 11.9. The largest absolute Gasteiger partial charge is 0.507 e. The Labute approximate surface area is 178 Å². The summed E-state index contributed by atoms with van der Waals surface area (Å²) in [5.41, 5.74) is 9.19. The smallest absolute Gasteiger partial charge is 0.140 e. The van der Waals surface area contributed by atoms with Crippen LogP contribution in [0.1, 0.15) is 43.9 Å². The van der Waals surface area contributed by atoms with Crippen LogP contribution in [0.2, 0.25) is 0 Å². The van der Waals surface area contributed by atoms with Crippen molar-refractivity contribution < 1.29 is 14.2 Å². The summed E-state index contributed by atoms with van der Waals surface area (Å²) < 4.78 is 19.8. The molecule has 0 aliphatic carbocycles. The molecule has 0 aromatic heterocycles. The van der Waals surface area contributed by atoms with Gasteiger partial charge in [0.25, 0.3) is 0 Å². The molecule has 0 saturated carbocycles. The Bertz CT molecular complexity index is 915. The Balaban J connectivity index is 2.26. The molecule has 0 bridgehead atoms. The number of aromatic hydroxyl groups is 1. The Morgan fingerprint density at radius 1 is 1.17 bits per heavy atom. The van der Waals surface area contributed by atoms with Gasteiger partial charge in [-0.1, -0.05) is 51.1 Å². The molecule has 2 rings (SSSR count). The van der Waals surface area contributed by atoms with Gasteiger partial charge in [0.05, 0.1) is 12.3 Å². The van der Waals surface area contributed by atoms with Crippen LogP contribution in [0, 0.1) is 17.1 Å². The summed E-state index contributed by atoms with van der Waals surface area (Å²) in [5.74, 6) is -0.0562. The van der Waals surface area contributed by atoms with Gasteiger partial charge in [-0.2, -0.15) is 0 Å². The number of halogens is 1. The zero-order valence-corrected chi connectivity index (χ0v) is 17.9. The van der Waals surface area contributed by atoms with Gasteiger partial charge in [-0.15, -0.1) is 0 Å². The number of phenols is 1. The Morgan fingerprint density at radius 2 is 1.83 bits per heavy atom. The van der Waals surface area contributed by atoms with Crippen LogP contribution in [0.3, 0.4) is 0 Å². The lowest BCUT2D eigenvalue weighted by Gasteiger charge is -2.16. The maximum absolute atomic E-state index is 13.8. The fourth-order valence-electron chi connectivity index (χ4n) is 2.95. The van der Waals surface area contributed by atoms with Gasteiger partial charge in [-0.3, -0.25) is 0 Å². The van der Waals surface area contributed by atoms with E-state index in [1.807, 2.05) is 51.1 Å². The van der Waals surface area contributed by atoms with Crippen molar-refractivity contribution in [2.24, 2.45) is 11.7 Å². The van der Waals surface area contributed by atoms with Gasteiger partial charge in [0.2, 0.25) is 0 Å². The summed E-state index contributed by atoms with van der Waals surface area (Å²) in [7, 11) is 0. The molecule has 4 N–H and O–H groups in total. The average Bonchev–Trinajstić information content (AvgIpc) is 2.74. The third-order valence-corrected chi connectivity index (χ3v) is 4.73. The van der Waals surface area contributed by atoms with Crippen LogP contribution >= 0.6 is 0 Å². The first-order chi connectivity index (χ1) is 14.3. The summed E-state index contributed by atoms with van der Waals surface area (Å²) in [4.78, 5) is 0. The third-order valence-electron chi connectivity index (χ3n) is 4.73. The number of nitrogens with one attached hydrogen (secondary N) is 1. The molecule has 0 spiro atoms. The number of nitrogens with two attached hydrogens (primary N) is 1. The minimum absolute atomic E-state index is 0.0113. The highest BCUT2D eigenvalue weighted by Gasteiger charge is 2.15. The van der Waals surface area contributed by atoms with Crippen molar-refractivity contribution in [3.05, 3.63) is 82.9 Å². The molecule has 0 fully saturated rings. The van der Waals surface area contributed by atoms with Gasteiger partial charge >= 0.3 is 0 Å². The van der Waals surface area contributed by atoms with Crippen LogP contribution < -0.4 is 5.73 Å². The van der Waals surface area contributed by atoms with E-state index < -0.39 is 5.82 Å². The number of benzene rings is 2. The predicted octanol–water partition coefficient (Wildman–Crippen LogP) is 5.60. The molecule has 4 nitrogen and oxygen atoms in total. The number of hydrogen-bond acceptors (Lipinski definition) is 4. The predicted molar refractivity (Wildman–Crippen MR) is 121 cm³/mol. The van der Waals surface area contributed by atoms with E-state index in [1.165, 1.54) is 18.2 Å². The van der Waals surface area contributed by atoms with Crippen LogP contribution in [0.4, 0.5) is 4.39 Å². The second-order valence-electron chi connectivity index (χ2n) is 7.43. The first kappa shape index (κ1) is 23.4. The molecule has 0 amide bonds. The van der Waals surface area contributed by atoms with Crippen molar-refractivity contribution in [2.75, 3.05) is 6.61 Å². The highest BCUT2D eigenvalue weighted by atomic mass is 19.1. The van der Waals surface area contributed by atoms with Crippen LogP contribution in [0.15, 0.2) is 60.4 Å². The van der Waals surface area contributed by atoms with Crippen molar-refractivity contribution in [3.63, 3.8) is 0 Å². The first-order valence-corrected chi connectivity index (χ1v) is 10.3. The number of hydrogen-bond donors (Lipinski definition) is 3. The van der Waals surface area contributed by atoms with Crippen molar-refractivity contribution >= 4 is 11.3 Å². The fraction of sp³-hybridized carbons (Fsp3) is 0.320. The SMILES string of the molecule is CC/C=C(/C=C(/OCCc1ccc(CN)cc1)C(=N)C(C)C)c1cc(F)ccc1O. The van der Waals surface area contributed by atoms with E-state index in [-0.39, 0.29) is 11.7 Å². The number of phenolic OH excluding ortho intramolecular Hbond substituents is 1. The zero-order valence-electron chi connectivity index (χ0n) is 17.9. The number of allylic oxidation sites excluding steroid dienone is 4. The quantitative estimate of drug-likeness (QED) is 0.271. The topological polar surface area (TPSA) is 79.3 Å². The molecular formula is C25H31FN2O2. The molecule has 0 saturated heterocycles. The first-order valence-electron chi connectivity index (χ1n) is 10.3. The van der Waals surface area contributed by atoms with E-state index in [2.05, 4.69) is 0 Å². The summed E-state index contributed by atoms with van der Waals surface area (Å²) in [6.07, 6.45) is 4.98. The summed E-state index contributed by atoms with van der Waals surface area (Å²) in [6.45, 7) is 6.72. The lowest BCUT2D eigenvalue weighted by molar-refractivity contribution is 0.233. The number of rotatable bonds is 10. The maximum atomic E-state index is 13.8. The second kappa shape index (κ2) is 11.3. The monoisotopic (exact) mass is 410 g/mol. The van der Waals surface area contributed by atoms with Gasteiger partial charge in [0.1, 0.15) is 17.3 Å². The van der Waals surface area contributed by atoms with E-state index in [0.717, 1.165) is 11.1 Å². The van der Waals surface area contributed by atoms with Gasteiger partial charge in [0.15, 0.2) is 0 Å². The van der Waals surface area contributed by atoms with Crippen molar-refractivity contribution in [1.82, 2.24) is 0 Å². The summed E-state index contributed by atoms with van der Waals surface area (Å²) >= 11 is 0. The van der Waals surface area contributed by atoms with Crippen LogP contribution in [0.25, 0.3) is 5.57 Å². The maximum Gasteiger partial charge on any atom is 0.140 e. The fourth-order valence-corrected chi connectivity index (χ4v) is 2.95. The molecule has 160 valence electrons. The highest BCUT2D eigenvalue weighted by Crippen LogP contribution is 2.29. The van der Waals surface area contributed by atoms with E-state index >= 15 is 0 Å². The molecule has 30 heavy (non-hydrogen) atoms. The highest BCUT2D eigenvalue weighted by molar-refractivity contribution is 5.99. The van der Waals surface area contributed by atoms with Crippen LogP contribution in [0.5, 0.6) is 5.75 Å². The minimum Gasteiger partial charge on any atom is -0.507 e. The van der Waals surface area contributed by atoms with E-state index in [1.54, 1.807) is 6.08 Å². The van der Waals surface area contributed by atoms with Crippen molar-refractivity contribution in [3.8, 4) is 5.75 Å². The molecule has 0 heterocycles. The lowest BCUT2D eigenvalue weighted by Crippen LogP contribution is -2.14. The molecule has 0 unspecified atom stereocenters. The molecule has 2 aromatic carbocycles. The Morgan fingerprint density at radius 3 is 2.43 bits per heavy atom. The minimum atomic E-state index is -0.430. The average molecular weight is 411 g/mol. The second-order valence-corrected chi connectivity index (χ2v) is 7.43. The van der Waals surface area contributed by atoms with Crippen LogP contribution in [-0.4, -0.2) is 17.4 Å². The molecule has 0 atom stereocenters. The van der Waals surface area contributed by atoms with E-state index in [0.29, 0.717) is 48.6 Å². The third kappa shape index (κ3) is 6.56. The van der Waals surface area contributed by atoms with E-state index in [4.69, 9.17) is 15.9 Å². The standard InChI is InChI=1S/C25H31FN2O2/c1-4-5-20(22-15-21(26)10-11-23(22)29)14-24(25(28)17(2)3)30-13-12-18-6-8-19(16-27)9-7-18/h5-11,14-15,17,28-29H,4,12-13,16,27H2,1-3H3/b20-5-,24-14+,28-25?. The van der Waals surface area contributed by atoms with Crippen LogP contribution in [-0.2, 0) is 17.7 Å². The van der Waals surface area contributed by atoms with Gasteiger partial charge < -0.3 is 21.0 Å². The molecule has 0 radical (unpaired) electrons. The van der Waals surface area contributed by atoms with Crippen molar-refractivity contribution in [1.29, 1.82) is 5.41 Å². The molecule has 0 aliphatic heterocycles. The van der Waals surface area contributed by atoms with Gasteiger partial charge in [-0.25, -0.2) is 4.39 Å². The van der Waals surface area contributed by atoms with E-state index in [9.17, 15) is 9.50 Å². The Kier molecular flexibility index (Phi) is 8.81. The molecule has 2 aromatic rings. The van der Waals surface area contributed by atoms with Crippen molar-refractivity contribution in [2.45, 2.75) is 40.2 Å². The van der Waals surface area contributed by atoms with Gasteiger partial charge in [0, 0.05) is 18.5 Å². The summed E-state index contributed by atoms with van der Waals surface area (Å²) in [5, 5.41) is 18.7. The normalized spacial score (nSPS) is 12.3. The molecule has 0 aliphatic rings. The van der Waals surface area contributed by atoms with Gasteiger partial charge in [-0.05, 0) is 53.3 Å². The zero-order chi connectivity index (χ0) is 22.1.